The molecule has 2 aliphatic rings. The minimum atomic E-state index is -1.11. The molecule has 3 rings (SSSR count). The van der Waals surface area contributed by atoms with E-state index in [1.54, 1.807) is 40.0 Å². The lowest BCUT2D eigenvalue weighted by Gasteiger charge is -2.46. The summed E-state index contributed by atoms with van der Waals surface area (Å²) < 4.78 is 20.7. The van der Waals surface area contributed by atoms with Gasteiger partial charge in [0.25, 0.3) is 0 Å². The van der Waals surface area contributed by atoms with Crippen LogP contribution in [0.1, 0.15) is 53.0 Å². The first-order valence-electron chi connectivity index (χ1n) is 9.81. The van der Waals surface area contributed by atoms with E-state index in [1.807, 2.05) is 0 Å². The number of anilines is 1. The highest BCUT2D eigenvalue weighted by atomic mass is 19.1. The molecule has 3 N–H and O–H groups in total. The van der Waals surface area contributed by atoms with Gasteiger partial charge in [0, 0.05) is 24.3 Å². The van der Waals surface area contributed by atoms with Crippen molar-refractivity contribution in [2.45, 2.75) is 71.2 Å². The summed E-state index contributed by atoms with van der Waals surface area (Å²) in [6.45, 7) is 9.45. The Balaban J connectivity index is 1.98. The molecular weight excluding hydrogens is 359 g/mol. The molecule has 0 aromatic heterocycles. The second-order valence-corrected chi connectivity index (χ2v) is 8.80. The number of guanidine groups is 1. The summed E-state index contributed by atoms with van der Waals surface area (Å²) in [6, 6.07) is 5.16. The molecule has 28 heavy (non-hydrogen) atoms. The predicted octanol–water partition coefficient (Wildman–Crippen LogP) is 3.22. The fourth-order valence-electron chi connectivity index (χ4n) is 4.32. The van der Waals surface area contributed by atoms with Crippen LogP contribution in [0, 0.1) is 11.2 Å². The zero-order valence-electron chi connectivity index (χ0n) is 17.5. The number of halogens is 1. The van der Waals surface area contributed by atoms with Gasteiger partial charge in [0.15, 0.2) is 5.96 Å². The molecule has 0 radical (unpaired) electrons. The van der Waals surface area contributed by atoms with E-state index in [0.717, 1.165) is 18.5 Å². The molecule has 1 amide bonds. The number of hydrogen-bond donors (Lipinski definition) is 2. The van der Waals surface area contributed by atoms with Crippen LogP contribution in [0.4, 0.5) is 10.1 Å². The first-order chi connectivity index (χ1) is 13.0. The van der Waals surface area contributed by atoms with Gasteiger partial charge in [0.2, 0.25) is 5.91 Å². The smallest absolute Gasteiger partial charge is 0.237 e. The van der Waals surface area contributed by atoms with Crippen molar-refractivity contribution in [2.75, 3.05) is 12.4 Å². The molecule has 1 aromatic rings. The number of nitrogens with two attached hydrogens (primary N) is 1. The number of benzene rings is 1. The van der Waals surface area contributed by atoms with Gasteiger partial charge in [-0.3, -0.25) is 9.69 Å². The summed E-state index contributed by atoms with van der Waals surface area (Å²) in [5.41, 5.74) is 5.08. The van der Waals surface area contributed by atoms with Crippen molar-refractivity contribution in [1.82, 2.24) is 4.90 Å². The lowest BCUT2D eigenvalue weighted by molar-refractivity contribution is -0.140. The van der Waals surface area contributed by atoms with Crippen LogP contribution in [0.25, 0.3) is 0 Å². The number of rotatable bonds is 3. The summed E-state index contributed by atoms with van der Waals surface area (Å²) in [6.07, 6.45) is 2.12. The fourth-order valence-corrected chi connectivity index (χ4v) is 4.32. The summed E-state index contributed by atoms with van der Waals surface area (Å²) in [5.74, 6) is -0.493. The standard InChI is InChI=1S/C21H31FN4O2/c1-12-9-15(10-13(2)28-12)24-14-7-8-17(22)16(11-14)21(5)20(3,4)18(27)26(6)19(23)25-21/h7-8,11-13,15,24H,9-10H2,1-6H3,(H2,23,25)/t12-,13+,15?,21-/m1/s1. The Hall–Kier alpha value is -2.15. The molecule has 0 spiro atoms. The number of hydrogen-bond acceptors (Lipinski definition) is 5. The highest BCUT2D eigenvalue weighted by molar-refractivity contribution is 6.01. The average Bonchev–Trinajstić information content (AvgIpc) is 2.59. The van der Waals surface area contributed by atoms with E-state index < -0.39 is 16.8 Å². The van der Waals surface area contributed by atoms with E-state index in [1.165, 1.54) is 11.0 Å². The second kappa shape index (κ2) is 7.03. The Morgan fingerprint density at radius 2 is 1.86 bits per heavy atom. The molecule has 0 saturated carbocycles. The number of aliphatic imine (C=N–C) groups is 1. The third kappa shape index (κ3) is 3.36. The van der Waals surface area contributed by atoms with Crippen molar-refractivity contribution >= 4 is 17.6 Å². The van der Waals surface area contributed by atoms with Crippen LogP contribution >= 0.6 is 0 Å². The fraction of sp³-hybridized carbons (Fsp3) is 0.619. The third-order valence-corrected chi connectivity index (χ3v) is 6.30. The van der Waals surface area contributed by atoms with Crippen molar-refractivity contribution in [1.29, 1.82) is 0 Å². The predicted molar refractivity (Wildman–Crippen MR) is 109 cm³/mol. The summed E-state index contributed by atoms with van der Waals surface area (Å²) in [5, 5.41) is 3.50. The highest BCUT2D eigenvalue weighted by Gasteiger charge is 2.53. The molecule has 1 fully saturated rings. The molecule has 154 valence electrons. The van der Waals surface area contributed by atoms with Gasteiger partial charge in [-0.25, -0.2) is 9.38 Å². The Morgan fingerprint density at radius 3 is 2.46 bits per heavy atom. The Kier molecular flexibility index (Phi) is 5.17. The number of ether oxygens (including phenoxy) is 1. The molecule has 1 aromatic carbocycles. The zero-order chi connectivity index (χ0) is 20.9. The number of nitrogens with one attached hydrogen (secondary N) is 1. The molecule has 6 nitrogen and oxygen atoms in total. The van der Waals surface area contributed by atoms with Gasteiger partial charge in [-0.15, -0.1) is 0 Å². The summed E-state index contributed by atoms with van der Waals surface area (Å²) in [4.78, 5) is 18.7. The number of carbonyl (C=O) groups is 1. The maximum atomic E-state index is 14.9. The Labute approximate surface area is 166 Å². The largest absolute Gasteiger partial charge is 0.382 e. The second-order valence-electron chi connectivity index (χ2n) is 8.80. The molecule has 1 unspecified atom stereocenters. The van der Waals surface area contributed by atoms with Gasteiger partial charge in [-0.1, -0.05) is 0 Å². The molecule has 2 aliphatic heterocycles. The lowest BCUT2D eigenvalue weighted by atomic mass is 9.67. The van der Waals surface area contributed by atoms with Crippen molar-refractivity contribution in [3.63, 3.8) is 0 Å². The van der Waals surface area contributed by atoms with Crippen molar-refractivity contribution in [3.8, 4) is 0 Å². The summed E-state index contributed by atoms with van der Waals surface area (Å²) in [7, 11) is 1.59. The molecular formula is C21H31FN4O2. The van der Waals surface area contributed by atoms with E-state index in [-0.39, 0.29) is 30.1 Å². The van der Waals surface area contributed by atoms with Crippen LogP contribution in [0.2, 0.25) is 0 Å². The quantitative estimate of drug-likeness (QED) is 0.830. The van der Waals surface area contributed by atoms with Crippen molar-refractivity contribution in [2.24, 2.45) is 16.1 Å². The average molecular weight is 391 g/mol. The maximum absolute atomic E-state index is 14.9. The normalized spacial score (nSPS) is 32.8. The zero-order valence-corrected chi connectivity index (χ0v) is 17.5. The van der Waals surface area contributed by atoms with Gasteiger partial charge in [-0.2, -0.15) is 0 Å². The van der Waals surface area contributed by atoms with Crippen LogP contribution in [0.3, 0.4) is 0 Å². The first-order valence-corrected chi connectivity index (χ1v) is 9.81. The number of amides is 1. The SMILES string of the molecule is C[C@@H]1CC(Nc2ccc(F)c([C@@]3(C)N=C(N)N(C)C(=O)C3(C)C)c2)C[C@H](C)O1. The Bertz CT molecular complexity index is 800. The highest BCUT2D eigenvalue weighted by Crippen LogP contribution is 2.47. The van der Waals surface area contributed by atoms with Gasteiger partial charge in [0.1, 0.15) is 11.4 Å². The minimum absolute atomic E-state index is 0.0941. The van der Waals surface area contributed by atoms with Gasteiger partial charge in [-0.05, 0) is 65.7 Å². The lowest BCUT2D eigenvalue weighted by Crippen LogP contribution is -2.58. The number of carbonyl (C=O) groups excluding carboxylic acids is 1. The maximum Gasteiger partial charge on any atom is 0.237 e. The van der Waals surface area contributed by atoms with Gasteiger partial charge in [0.05, 0.1) is 17.6 Å². The van der Waals surface area contributed by atoms with Gasteiger partial charge >= 0.3 is 0 Å². The minimum Gasteiger partial charge on any atom is -0.382 e. The van der Waals surface area contributed by atoms with E-state index in [9.17, 15) is 9.18 Å². The van der Waals surface area contributed by atoms with E-state index in [2.05, 4.69) is 24.2 Å². The van der Waals surface area contributed by atoms with Crippen LogP contribution < -0.4 is 11.1 Å². The van der Waals surface area contributed by atoms with Crippen LogP contribution in [0.5, 0.6) is 0 Å². The van der Waals surface area contributed by atoms with Crippen LogP contribution in [0.15, 0.2) is 23.2 Å². The molecule has 4 atom stereocenters. The first kappa shape index (κ1) is 20.6. The van der Waals surface area contributed by atoms with E-state index in [4.69, 9.17) is 10.5 Å². The van der Waals surface area contributed by atoms with E-state index >= 15 is 0 Å². The van der Waals surface area contributed by atoms with Crippen LogP contribution in [-0.4, -0.2) is 42.1 Å². The molecule has 1 saturated heterocycles. The monoisotopic (exact) mass is 390 g/mol. The molecule has 2 heterocycles. The van der Waals surface area contributed by atoms with Crippen molar-refractivity contribution in [3.05, 3.63) is 29.6 Å². The number of nitrogens with zero attached hydrogens (tertiary/aromatic N) is 2. The molecule has 0 bridgehead atoms. The van der Waals surface area contributed by atoms with Crippen LogP contribution in [-0.2, 0) is 15.1 Å². The van der Waals surface area contributed by atoms with Gasteiger partial charge < -0.3 is 15.8 Å². The van der Waals surface area contributed by atoms with Crippen molar-refractivity contribution < 1.29 is 13.9 Å². The molecule has 0 aliphatic carbocycles. The topological polar surface area (TPSA) is 80.0 Å². The third-order valence-electron chi connectivity index (χ3n) is 6.30. The summed E-state index contributed by atoms with van der Waals surface area (Å²) >= 11 is 0. The Morgan fingerprint density at radius 1 is 1.25 bits per heavy atom. The molecule has 7 heteroatoms. The van der Waals surface area contributed by atoms with E-state index in [0.29, 0.717) is 5.56 Å².